The highest BCUT2D eigenvalue weighted by molar-refractivity contribution is 5.93. The molecule has 1 rings (SSSR count). The third-order valence-electron chi connectivity index (χ3n) is 2.16. The van der Waals surface area contributed by atoms with Crippen LogP contribution in [0.1, 0.15) is 29.8 Å². The zero-order chi connectivity index (χ0) is 11.3. The molecule has 3 heteroatoms. The highest BCUT2D eigenvalue weighted by atomic mass is 16.1. The maximum absolute atomic E-state index is 11.3. The van der Waals surface area contributed by atoms with Crippen LogP contribution in [0.2, 0.25) is 0 Å². The molecule has 0 radical (unpaired) electrons. The first-order chi connectivity index (χ1) is 7.13. The van der Waals surface area contributed by atoms with Crippen molar-refractivity contribution in [2.75, 3.05) is 7.05 Å². The van der Waals surface area contributed by atoms with E-state index < -0.39 is 0 Å². The second-order valence-corrected chi connectivity index (χ2v) is 3.81. The first kappa shape index (κ1) is 11.7. The van der Waals surface area contributed by atoms with Gasteiger partial charge in [0.1, 0.15) is 0 Å². The standard InChI is InChI=1S/C12H18N2O/c1-9(2)14-8-10-4-6-11(7-5-10)12(15)13-3/h4-7,9,14H,8H2,1-3H3,(H,13,15). The Morgan fingerprint density at radius 1 is 1.27 bits per heavy atom. The third-order valence-corrected chi connectivity index (χ3v) is 2.16. The van der Waals surface area contributed by atoms with E-state index in [-0.39, 0.29) is 5.91 Å². The van der Waals surface area contributed by atoms with Crippen molar-refractivity contribution in [3.63, 3.8) is 0 Å². The molecule has 1 aromatic carbocycles. The summed E-state index contributed by atoms with van der Waals surface area (Å²) in [5.41, 5.74) is 1.89. The summed E-state index contributed by atoms with van der Waals surface area (Å²) < 4.78 is 0. The van der Waals surface area contributed by atoms with Crippen molar-refractivity contribution in [1.82, 2.24) is 10.6 Å². The molecule has 0 aromatic heterocycles. The van der Waals surface area contributed by atoms with E-state index >= 15 is 0 Å². The lowest BCUT2D eigenvalue weighted by Gasteiger charge is -2.08. The quantitative estimate of drug-likeness (QED) is 0.784. The molecule has 0 heterocycles. The normalized spacial score (nSPS) is 10.4. The fourth-order valence-corrected chi connectivity index (χ4v) is 1.24. The lowest BCUT2D eigenvalue weighted by molar-refractivity contribution is 0.0963. The van der Waals surface area contributed by atoms with Crippen molar-refractivity contribution in [3.05, 3.63) is 35.4 Å². The van der Waals surface area contributed by atoms with E-state index in [9.17, 15) is 4.79 Å². The fourth-order valence-electron chi connectivity index (χ4n) is 1.24. The van der Waals surface area contributed by atoms with Gasteiger partial charge in [-0.25, -0.2) is 0 Å². The molecule has 1 amide bonds. The van der Waals surface area contributed by atoms with Crippen molar-refractivity contribution >= 4 is 5.91 Å². The van der Waals surface area contributed by atoms with E-state index in [0.29, 0.717) is 11.6 Å². The summed E-state index contributed by atoms with van der Waals surface area (Å²) in [6, 6.07) is 8.11. The minimum atomic E-state index is -0.0432. The number of carbonyl (C=O) groups excluding carboxylic acids is 1. The average Bonchev–Trinajstić information content (AvgIpc) is 2.26. The van der Waals surface area contributed by atoms with Crippen LogP contribution < -0.4 is 10.6 Å². The molecule has 15 heavy (non-hydrogen) atoms. The maximum atomic E-state index is 11.3. The monoisotopic (exact) mass is 206 g/mol. The van der Waals surface area contributed by atoms with Crippen molar-refractivity contribution in [1.29, 1.82) is 0 Å². The zero-order valence-electron chi connectivity index (χ0n) is 9.50. The molecule has 0 atom stereocenters. The predicted molar refractivity (Wildman–Crippen MR) is 61.8 cm³/mol. The largest absolute Gasteiger partial charge is 0.355 e. The fraction of sp³-hybridized carbons (Fsp3) is 0.417. The number of carbonyl (C=O) groups is 1. The van der Waals surface area contributed by atoms with Gasteiger partial charge < -0.3 is 10.6 Å². The highest BCUT2D eigenvalue weighted by Crippen LogP contribution is 2.04. The Morgan fingerprint density at radius 3 is 2.33 bits per heavy atom. The maximum Gasteiger partial charge on any atom is 0.251 e. The van der Waals surface area contributed by atoms with Gasteiger partial charge in [0.15, 0.2) is 0 Å². The van der Waals surface area contributed by atoms with E-state index in [2.05, 4.69) is 24.5 Å². The van der Waals surface area contributed by atoms with Crippen LogP contribution in [0.15, 0.2) is 24.3 Å². The van der Waals surface area contributed by atoms with Gasteiger partial charge in [-0.2, -0.15) is 0 Å². The van der Waals surface area contributed by atoms with Gasteiger partial charge >= 0.3 is 0 Å². The van der Waals surface area contributed by atoms with Crippen molar-refractivity contribution in [2.24, 2.45) is 0 Å². The van der Waals surface area contributed by atoms with E-state index in [0.717, 1.165) is 6.54 Å². The topological polar surface area (TPSA) is 41.1 Å². The van der Waals surface area contributed by atoms with Crippen LogP contribution in [0, 0.1) is 0 Å². The average molecular weight is 206 g/mol. The minimum Gasteiger partial charge on any atom is -0.355 e. The summed E-state index contributed by atoms with van der Waals surface area (Å²) in [7, 11) is 1.64. The van der Waals surface area contributed by atoms with Crippen LogP contribution in [0.25, 0.3) is 0 Å². The number of amides is 1. The first-order valence-electron chi connectivity index (χ1n) is 5.18. The van der Waals surface area contributed by atoms with Crippen molar-refractivity contribution < 1.29 is 4.79 Å². The SMILES string of the molecule is CNC(=O)c1ccc(CNC(C)C)cc1. The molecule has 0 saturated carbocycles. The minimum absolute atomic E-state index is 0.0432. The van der Waals surface area contributed by atoms with Gasteiger partial charge in [-0.05, 0) is 17.7 Å². The summed E-state index contributed by atoms with van der Waals surface area (Å²) in [5, 5.41) is 5.92. The molecule has 0 bridgehead atoms. The van der Waals surface area contributed by atoms with Crippen LogP contribution >= 0.6 is 0 Å². The Kier molecular flexibility index (Phi) is 4.31. The van der Waals surface area contributed by atoms with Gasteiger partial charge in [0.2, 0.25) is 0 Å². The van der Waals surface area contributed by atoms with Gasteiger partial charge in [0.05, 0.1) is 0 Å². The van der Waals surface area contributed by atoms with Crippen LogP contribution in [0.4, 0.5) is 0 Å². The van der Waals surface area contributed by atoms with E-state index in [1.807, 2.05) is 24.3 Å². The van der Waals surface area contributed by atoms with Crippen molar-refractivity contribution in [2.45, 2.75) is 26.4 Å². The zero-order valence-corrected chi connectivity index (χ0v) is 9.50. The molecule has 0 aliphatic heterocycles. The second kappa shape index (κ2) is 5.51. The Balaban J connectivity index is 2.60. The van der Waals surface area contributed by atoms with Crippen molar-refractivity contribution in [3.8, 4) is 0 Å². The molecule has 3 nitrogen and oxygen atoms in total. The summed E-state index contributed by atoms with van der Waals surface area (Å²) in [6.45, 7) is 5.06. The third kappa shape index (κ3) is 3.72. The lowest BCUT2D eigenvalue weighted by atomic mass is 10.1. The van der Waals surface area contributed by atoms with Crippen LogP contribution in [0.3, 0.4) is 0 Å². The van der Waals surface area contributed by atoms with Gasteiger partial charge in [-0.15, -0.1) is 0 Å². The molecule has 1 aromatic rings. The molecule has 0 fully saturated rings. The van der Waals surface area contributed by atoms with Crippen LogP contribution in [0.5, 0.6) is 0 Å². The summed E-state index contributed by atoms with van der Waals surface area (Å²) >= 11 is 0. The number of rotatable bonds is 4. The van der Waals surface area contributed by atoms with Gasteiger partial charge in [0, 0.05) is 25.2 Å². The Labute approximate surface area is 90.9 Å². The van der Waals surface area contributed by atoms with Gasteiger partial charge in [-0.1, -0.05) is 26.0 Å². The number of hydrogen-bond acceptors (Lipinski definition) is 2. The number of benzene rings is 1. The summed E-state index contributed by atoms with van der Waals surface area (Å²) in [4.78, 5) is 11.3. The molecule has 0 unspecified atom stereocenters. The molecule has 0 spiro atoms. The molecule has 0 aliphatic rings. The lowest BCUT2D eigenvalue weighted by Crippen LogP contribution is -2.22. The number of hydrogen-bond donors (Lipinski definition) is 2. The van der Waals surface area contributed by atoms with Gasteiger partial charge in [-0.3, -0.25) is 4.79 Å². The predicted octanol–water partition coefficient (Wildman–Crippen LogP) is 1.54. The molecule has 82 valence electrons. The summed E-state index contributed by atoms with van der Waals surface area (Å²) in [5.74, 6) is -0.0432. The second-order valence-electron chi connectivity index (χ2n) is 3.81. The van der Waals surface area contributed by atoms with Gasteiger partial charge in [0.25, 0.3) is 5.91 Å². The Bertz CT molecular complexity index is 317. The first-order valence-corrected chi connectivity index (χ1v) is 5.18. The van der Waals surface area contributed by atoms with Crippen LogP contribution in [-0.4, -0.2) is 19.0 Å². The smallest absolute Gasteiger partial charge is 0.251 e. The molecule has 0 aliphatic carbocycles. The highest BCUT2D eigenvalue weighted by Gasteiger charge is 2.02. The number of nitrogens with one attached hydrogen (secondary N) is 2. The molecular formula is C12H18N2O. The van der Waals surface area contributed by atoms with E-state index in [1.54, 1.807) is 7.05 Å². The van der Waals surface area contributed by atoms with Crippen LogP contribution in [-0.2, 0) is 6.54 Å². The molecule has 0 saturated heterocycles. The van der Waals surface area contributed by atoms with E-state index in [1.165, 1.54) is 5.56 Å². The Morgan fingerprint density at radius 2 is 1.87 bits per heavy atom. The summed E-state index contributed by atoms with van der Waals surface area (Å²) in [6.07, 6.45) is 0. The molecular weight excluding hydrogens is 188 g/mol. The van der Waals surface area contributed by atoms with E-state index in [4.69, 9.17) is 0 Å². The molecule has 2 N–H and O–H groups in total. The Hall–Kier alpha value is -1.35.